The summed E-state index contributed by atoms with van der Waals surface area (Å²) in [5.41, 5.74) is 13.5. The molecule has 0 N–H and O–H groups in total. The third-order valence-electron chi connectivity index (χ3n) is 13.6. The van der Waals surface area contributed by atoms with E-state index in [9.17, 15) is 0 Å². The molecule has 0 saturated heterocycles. The van der Waals surface area contributed by atoms with Crippen molar-refractivity contribution >= 4 is 0 Å². The summed E-state index contributed by atoms with van der Waals surface area (Å²) >= 11 is 0. The first kappa shape index (κ1) is 54.7. The molecule has 452 valence electrons. The molecular weight excluding hydrogens is 1040 g/mol. The standard InChI is InChI=1S/C21H21N.C13H13N.2C12H19N.C11H13N.C11H17N/c1-21(2,3)20-18(16-10-6-4-7-11-16)14-22-15-19(20)17-12-8-5-9-13-17;1-5-10-7-6-8-11(9-14)12(10)13(2,3)4;1-6-11-8-10(12(3,4)5)7-9(2)13-11;1-6-11-10(12(3,4)5)8-7-9(2)13-11;1-11(2,3)10-6-4-9(8-12)5-7-10;1-5-10-9(11(2,3)4)7-6-8-12-10/h4-15H,1-3H3;1,6-8H,2-4H3;2*7-8H,6H2,1-5H3;4-7H,1-3H3;6-8H,5H2,1-4H3/i;;2*2D3,6D2;;5D2. The maximum Gasteiger partial charge on any atom is 0.0995 e. The number of terminal acetylenes is 1. The number of hydrogen-bond donors (Lipinski definition) is 0. The molecule has 0 radical (unpaired) electrons. The average Bonchev–Trinajstić information content (AvgIpc) is 0.793. The van der Waals surface area contributed by atoms with E-state index >= 15 is 0 Å². The largest absolute Gasteiger partial charge is 0.263 e. The molecule has 4 aromatic heterocycles. The zero-order chi connectivity index (χ0) is 75.2. The van der Waals surface area contributed by atoms with Crippen LogP contribution in [0, 0.1) is 48.7 Å². The van der Waals surface area contributed by atoms with Crippen LogP contribution in [0.3, 0.4) is 0 Å². The second-order valence-corrected chi connectivity index (χ2v) is 26.9. The number of benzene rings is 4. The first-order valence-electron chi connectivity index (χ1n) is 35.1. The zero-order valence-electron chi connectivity index (χ0n) is 67.3. The van der Waals surface area contributed by atoms with E-state index < -0.39 is 32.8 Å². The molecule has 0 aliphatic carbocycles. The lowest BCUT2D eigenvalue weighted by atomic mass is 9.78. The van der Waals surface area contributed by atoms with Crippen LogP contribution in [0.5, 0.6) is 0 Å². The molecule has 6 heteroatoms. The SMILES string of the molecule is C#Cc1cccc(C#N)c1C(C)(C)C.CC(C)(C)c1c(-c2ccccc2)cncc1-c1ccccc1.CC(C)(C)c1ccc(C#N)cc1.[2H]C([2H])(C)c1ncccc1C(C)(C)C.[2H]C([2H])([2H])c1cc(C(C)(C)C)cc(C([2H])([2H])C)n1.[2H]C([2H])([2H])c1ccc(C(C)(C)C)c(C([2H])([2H])C)n1. The zero-order valence-corrected chi connectivity index (χ0v) is 55.3. The number of rotatable bonds is 5. The maximum absolute atomic E-state index is 8.98. The van der Waals surface area contributed by atoms with Crippen molar-refractivity contribution in [2.45, 2.75) is 211 Å². The Morgan fingerprint density at radius 1 is 0.453 bits per heavy atom. The predicted octanol–water partition coefficient (Wildman–Crippen LogP) is 20.8. The van der Waals surface area contributed by atoms with Crippen LogP contribution >= 0.6 is 0 Å². The van der Waals surface area contributed by atoms with Gasteiger partial charge in [0.25, 0.3) is 0 Å². The molecule has 0 bridgehead atoms. The number of nitrogens with zero attached hydrogens (tertiary/aromatic N) is 6. The number of aromatic nitrogens is 4. The van der Waals surface area contributed by atoms with Gasteiger partial charge >= 0.3 is 0 Å². The van der Waals surface area contributed by atoms with Gasteiger partial charge in [-0.2, -0.15) is 10.5 Å². The van der Waals surface area contributed by atoms with E-state index in [-0.39, 0.29) is 55.3 Å². The van der Waals surface area contributed by atoms with Crippen molar-refractivity contribution in [1.82, 2.24) is 19.9 Å². The summed E-state index contributed by atoms with van der Waals surface area (Å²) in [6.07, 6.45) is 6.35. The highest BCUT2D eigenvalue weighted by molar-refractivity contribution is 5.79. The first-order chi connectivity index (χ1) is 44.5. The van der Waals surface area contributed by atoms with Crippen LogP contribution in [0.15, 0.2) is 158 Å². The van der Waals surface area contributed by atoms with Crippen LogP contribution in [-0.2, 0) is 51.6 Å². The Bertz CT molecular complexity index is 3820. The summed E-state index contributed by atoms with van der Waals surface area (Å²) in [6, 6.07) is 48.7. The second-order valence-electron chi connectivity index (χ2n) is 26.9. The summed E-state index contributed by atoms with van der Waals surface area (Å²) < 4.78 is 90.7. The molecule has 86 heavy (non-hydrogen) atoms. The van der Waals surface area contributed by atoms with Gasteiger partial charge in [-0.25, -0.2) is 0 Å². The number of hydrogen-bond acceptors (Lipinski definition) is 6. The molecule has 0 fully saturated rings. The number of pyridine rings is 4. The quantitative estimate of drug-likeness (QED) is 0.159. The Balaban J connectivity index is 0.000000310. The Kier molecular flexibility index (Phi) is 20.3. The fourth-order valence-corrected chi connectivity index (χ4v) is 9.12. The minimum atomic E-state index is -2.32. The topological polar surface area (TPSA) is 99.1 Å². The van der Waals surface area contributed by atoms with Crippen LogP contribution < -0.4 is 0 Å². The van der Waals surface area contributed by atoms with Crippen molar-refractivity contribution in [3.8, 4) is 46.7 Å². The minimum absolute atomic E-state index is 0.0410. The van der Waals surface area contributed by atoms with Crippen molar-refractivity contribution in [2.24, 2.45) is 0 Å². The van der Waals surface area contributed by atoms with Gasteiger partial charge in [0, 0.05) is 80.2 Å². The van der Waals surface area contributed by atoms with Gasteiger partial charge < -0.3 is 0 Å². The van der Waals surface area contributed by atoms with E-state index in [2.05, 4.69) is 182 Å². The molecule has 0 atom stereocenters. The van der Waals surface area contributed by atoms with Gasteiger partial charge in [-0.05, 0) is 158 Å². The molecule has 6 nitrogen and oxygen atoms in total. The fraction of sp³-hybridized carbons (Fsp3) is 0.400. The predicted molar refractivity (Wildman–Crippen MR) is 368 cm³/mol. The smallest absolute Gasteiger partial charge is 0.0995 e. The fourth-order valence-electron chi connectivity index (χ4n) is 9.12. The molecule has 8 aromatic rings. The number of aryl methyl sites for hydroxylation is 5. The van der Waals surface area contributed by atoms with Crippen LogP contribution in [0.25, 0.3) is 22.3 Å². The lowest BCUT2D eigenvalue weighted by Gasteiger charge is -2.26. The third kappa shape index (κ3) is 22.5. The number of nitriles is 2. The van der Waals surface area contributed by atoms with Crippen molar-refractivity contribution in [1.29, 1.82) is 10.5 Å². The lowest BCUT2D eigenvalue weighted by Crippen LogP contribution is -2.15. The van der Waals surface area contributed by atoms with Crippen LogP contribution in [0.2, 0.25) is 0 Å². The maximum atomic E-state index is 8.98. The van der Waals surface area contributed by atoms with Crippen molar-refractivity contribution in [3.05, 3.63) is 237 Å². The third-order valence-corrected chi connectivity index (χ3v) is 13.6. The highest BCUT2D eigenvalue weighted by Crippen LogP contribution is 2.39. The summed E-state index contributed by atoms with van der Waals surface area (Å²) in [4.78, 5) is 16.6. The van der Waals surface area contributed by atoms with Gasteiger partial charge in [-0.1, -0.05) is 242 Å². The minimum Gasteiger partial charge on any atom is -0.263 e. The van der Waals surface area contributed by atoms with Crippen molar-refractivity contribution < 1.29 is 16.4 Å². The second kappa shape index (κ2) is 32.0. The molecule has 0 unspecified atom stereocenters. The van der Waals surface area contributed by atoms with Gasteiger partial charge in [0.2, 0.25) is 0 Å². The van der Waals surface area contributed by atoms with Crippen molar-refractivity contribution in [3.63, 3.8) is 0 Å². The highest BCUT2D eigenvalue weighted by atomic mass is 14.7. The van der Waals surface area contributed by atoms with E-state index in [1.807, 2.05) is 102 Å². The van der Waals surface area contributed by atoms with Gasteiger partial charge in [-0.3, -0.25) is 19.9 Å². The van der Waals surface area contributed by atoms with E-state index in [0.717, 1.165) is 33.4 Å². The Hall–Kier alpha value is -7.98. The van der Waals surface area contributed by atoms with Gasteiger partial charge in [-0.15, -0.1) is 6.42 Å². The summed E-state index contributed by atoms with van der Waals surface area (Å²) in [6.45, 7) is 37.1. The molecule has 0 amide bonds. The summed E-state index contributed by atoms with van der Waals surface area (Å²) in [5.74, 6) is 2.63. The van der Waals surface area contributed by atoms with Crippen molar-refractivity contribution in [2.75, 3.05) is 0 Å². The van der Waals surface area contributed by atoms with E-state index in [1.165, 1.54) is 53.3 Å². The lowest BCUT2D eigenvalue weighted by molar-refractivity contribution is 0.578. The molecule has 0 aliphatic heterocycles. The normalized spacial score (nSPS) is 14.2. The Morgan fingerprint density at radius 3 is 1.36 bits per heavy atom. The van der Waals surface area contributed by atoms with Gasteiger partial charge in [0.15, 0.2) is 0 Å². The summed E-state index contributed by atoms with van der Waals surface area (Å²) in [5, 5.41) is 17.6. The van der Waals surface area contributed by atoms with Gasteiger partial charge in [0.05, 0.1) is 23.3 Å². The molecule has 0 spiro atoms. The summed E-state index contributed by atoms with van der Waals surface area (Å²) in [7, 11) is 0. The molecule has 4 heterocycles. The molecule has 4 aromatic carbocycles. The monoisotopic (exact) mass is 1160 g/mol. The van der Waals surface area contributed by atoms with Crippen LogP contribution in [-0.4, -0.2) is 19.9 Å². The van der Waals surface area contributed by atoms with E-state index in [0.29, 0.717) is 11.3 Å². The highest BCUT2D eigenvalue weighted by Gasteiger charge is 2.25. The molecular formula is C80H102N6. The Morgan fingerprint density at radius 2 is 0.953 bits per heavy atom. The van der Waals surface area contributed by atoms with Gasteiger partial charge in [0.1, 0.15) is 0 Å². The molecule has 0 saturated carbocycles. The van der Waals surface area contributed by atoms with E-state index in [4.69, 9.17) is 33.4 Å². The average molecular weight is 1160 g/mol. The van der Waals surface area contributed by atoms with Crippen LogP contribution in [0.1, 0.15) is 240 Å². The molecule has 8 rings (SSSR count). The first-order valence-corrected chi connectivity index (χ1v) is 29.1. The Labute approximate surface area is 539 Å². The van der Waals surface area contributed by atoms with E-state index in [1.54, 1.807) is 37.4 Å². The molecule has 0 aliphatic rings. The van der Waals surface area contributed by atoms with Crippen LogP contribution in [0.4, 0.5) is 0 Å².